The van der Waals surface area contributed by atoms with Crippen LogP contribution in [-0.4, -0.2) is 44.3 Å². The van der Waals surface area contributed by atoms with E-state index in [9.17, 15) is 18.0 Å². The number of benzene rings is 2. The highest BCUT2D eigenvalue weighted by Gasteiger charge is 2.36. The van der Waals surface area contributed by atoms with Crippen molar-refractivity contribution in [3.05, 3.63) is 77.6 Å². The van der Waals surface area contributed by atoms with Gasteiger partial charge >= 0.3 is 0 Å². The number of carbonyl (C=O) groups excluding carboxylic acids is 2. The van der Waals surface area contributed by atoms with E-state index in [1.807, 2.05) is 0 Å². The van der Waals surface area contributed by atoms with Crippen LogP contribution in [-0.2, 0) is 16.6 Å². The first-order valence-electron chi connectivity index (χ1n) is 9.48. The lowest BCUT2D eigenvalue weighted by Crippen LogP contribution is -2.29. The maximum absolute atomic E-state index is 12.8. The van der Waals surface area contributed by atoms with Crippen molar-refractivity contribution in [2.45, 2.75) is 11.4 Å². The monoisotopic (exact) mass is 453 g/mol. The number of pyridine rings is 1. The first-order valence-corrected chi connectivity index (χ1v) is 11.0. The summed E-state index contributed by atoms with van der Waals surface area (Å²) >= 11 is 0. The molecule has 2 heterocycles. The molecule has 0 fully saturated rings. The van der Waals surface area contributed by atoms with Crippen LogP contribution in [0.15, 0.2) is 65.7 Å². The van der Waals surface area contributed by atoms with E-state index >= 15 is 0 Å². The topological polar surface area (TPSA) is 115 Å². The maximum Gasteiger partial charge on any atom is 0.280 e. The summed E-state index contributed by atoms with van der Waals surface area (Å²) in [5.74, 6) is -0.0277. The Labute approximate surface area is 184 Å². The first kappa shape index (κ1) is 21.3. The number of rotatable bonds is 7. The summed E-state index contributed by atoms with van der Waals surface area (Å²) in [6.07, 6.45) is 1.46. The minimum absolute atomic E-state index is 0.00880. The second kappa shape index (κ2) is 8.31. The Morgan fingerprint density at radius 3 is 2.19 bits per heavy atom. The van der Waals surface area contributed by atoms with E-state index in [-0.39, 0.29) is 28.4 Å². The predicted octanol–water partition coefficient (Wildman–Crippen LogP) is 2.70. The molecule has 0 bridgehead atoms. The molecule has 2 aromatic carbocycles. The average Bonchev–Trinajstić information content (AvgIpc) is 3.04. The maximum atomic E-state index is 12.8. The molecule has 1 aliphatic rings. The van der Waals surface area contributed by atoms with Crippen molar-refractivity contribution in [1.29, 1.82) is 0 Å². The number of aromatic nitrogens is 1. The zero-order chi connectivity index (χ0) is 22.9. The van der Waals surface area contributed by atoms with E-state index in [2.05, 4.69) is 9.71 Å². The fraction of sp³-hybridized carbons (Fsp3) is 0.136. The third-order valence-electron chi connectivity index (χ3n) is 4.91. The molecule has 0 spiro atoms. The molecule has 9 nitrogen and oxygen atoms in total. The molecule has 1 aliphatic heterocycles. The average molecular weight is 453 g/mol. The van der Waals surface area contributed by atoms with E-state index in [1.165, 1.54) is 44.7 Å². The molecule has 2 amide bonds. The van der Waals surface area contributed by atoms with Gasteiger partial charge in [-0.2, -0.15) is 0 Å². The Hall–Kier alpha value is -3.92. The molecule has 1 N–H and O–H groups in total. The lowest BCUT2D eigenvalue weighted by molar-refractivity contribution is 0.0640. The number of imide groups is 1. The van der Waals surface area contributed by atoms with E-state index in [0.717, 1.165) is 4.90 Å². The second-order valence-electron chi connectivity index (χ2n) is 6.95. The standard InChI is InChI=1S/C22H19N3O6S/c1-30-16-10-15(11-17(12-16)31-2)24-32(28,29)18-7-5-14(6-8-18)13-25-21(26)19-4-3-9-23-20(19)22(25)27/h3-12,24H,13H2,1-2H3. The van der Waals surface area contributed by atoms with Crippen molar-refractivity contribution in [3.8, 4) is 11.5 Å². The Morgan fingerprint density at radius 1 is 0.938 bits per heavy atom. The molecule has 164 valence electrons. The number of fused-ring (bicyclic) bond motifs is 1. The summed E-state index contributed by atoms with van der Waals surface area (Å²) in [6.45, 7) is 0.00880. The van der Waals surface area contributed by atoms with Gasteiger partial charge in [0, 0.05) is 24.4 Å². The number of carbonyl (C=O) groups is 2. The van der Waals surface area contributed by atoms with Crippen molar-refractivity contribution in [2.75, 3.05) is 18.9 Å². The first-order chi connectivity index (χ1) is 15.3. The van der Waals surface area contributed by atoms with E-state index in [4.69, 9.17) is 9.47 Å². The molecule has 10 heteroatoms. The van der Waals surface area contributed by atoms with E-state index in [0.29, 0.717) is 17.1 Å². The largest absolute Gasteiger partial charge is 0.497 e. The van der Waals surface area contributed by atoms with Crippen molar-refractivity contribution < 1.29 is 27.5 Å². The van der Waals surface area contributed by atoms with Gasteiger partial charge in [-0.3, -0.25) is 24.2 Å². The Bertz CT molecular complexity index is 1250. The number of ether oxygens (including phenoxy) is 2. The lowest BCUT2D eigenvalue weighted by atomic mass is 10.2. The van der Waals surface area contributed by atoms with Gasteiger partial charge in [-0.1, -0.05) is 12.1 Å². The van der Waals surface area contributed by atoms with Crippen LogP contribution < -0.4 is 14.2 Å². The second-order valence-corrected chi connectivity index (χ2v) is 8.63. The summed E-state index contributed by atoms with van der Waals surface area (Å²) in [7, 11) is -0.954. The number of sulfonamides is 1. The van der Waals surface area contributed by atoms with Gasteiger partial charge in [-0.15, -0.1) is 0 Å². The van der Waals surface area contributed by atoms with Gasteiger partial charge in [0.1, 0.15) is 17.2 Å². The van der Waals surface area contributed by atoms with Gasteiger partial charge < -0.3 is 9.47 Å². The molecular weight excluding hydrogens is 434 g/mol. The predicted molar refractivity (Wildman–Crippen MR) is 115 cm³/mol. The molecule has 32 heavy (non-hydrogen) atoms. The number of methoxy groups -OCH3 is 2. The van der Waals surface area contributed by atoms with Crippen LogP contribution in [0, 0.1) is 0 Å². The number of nitrogens with zero attached hydrogens (tertiary/aromatic N) is 2. The quantitative estimate of drug-likeness (QED) is 0.547. The number of anilines is 1. The van der Waals surface area contributed by atoms with Crippen LogP contribution in [0.5, 0.6) is 11.5 Å². The number of nitrogens with one attached hydrogen (secondary N) is 1. The Morgan fingerprint density at radius 2 is 1.59 bits per heavy atom. The highest BCUT2D eigenvalue weighted by atomic mass is 32.2. The van der Waals surface area contributed by atoms with Gasteiger partial charge in [0.15, 0.2) is 0 Å². The number of hydrogen-bond acceptors (Lipinski definition) is 7. The Balaban J connectivity index is 1.51. The van der Waals surface area contributed by atoms with Crippen LogP contribution in [0.4, 0.5) is 5.69 Å². The van der Waals surface area contributed by atoms with E-state index in [1.54, 1.807) is 30.3 Å². The minimum Gasteiger partial charge on any atom is -0.497 e. The van der Waals surface area contributed by atoms with Gasteiger partial charge in [0.25, 0.3) is 21.8 Å². The third-order valence-corrected chi connectivity index (χ3v) is 6.31. The molecule has 0 saturated heterocycles. The number of hydrogen-bond donors (Lipinski definition) is 1. The smallest absolute Gasteiger partial charge is 0.280 e. The van der Waals surface area contributed by atoms with Crippen molar-refractivity contribution in [2.24, 2.45) is 0 Å². The summed E-state index contributed by atoms with van der Waals surface area (Å²) in [6, 6.07) is 13.8. The third kappa shape index (κ3) is 4.00. The molecule has 0 unspecified atom stereocenters. The Kier molecular flexibility index (Phi) is 5.54. The van der Waals surface area contributed by atoms with Crippen LogP contribution in [0.1, 0.15) is 26.4 Å². The molecule has 0 aliphatic carbocycles. The fourth-order valence-electron chi connectivity index (χ4n) is 3.29. The zero-order valence-corrected chi connectivity index (χ0v) is 18.0. The summed E-state index contributed by atoms with van der Waals surface area (Å²) < 4.78 is 38.4. The highest BCUT2D eigenvalue weighted by molar-refractivity contribution is 7.92. The number of amides is 2. The molecule has 3 aromatic rings. The molecular formula is C22H19N3O6S. The molecule has 1 aromatic heterocycles. The lowest BCUT2D eigenvalue weighted by Gasteiger charge is -2.14. The molecule has 4 rings (SSSR count). The van der Waals surface area contributed by atoms with Gasteiger partial charge in [-0.25, -0.2) is 8.42 Å². The van der Waals surface area contributed by atoms with Crippen molar-refractivity contribution in [3.63, 3.8) is 0 Å². The zero-order valence-electron chi connectivity index (χ0n) is 17.2. The van der Waals surface area contributed by atoms with Crippen molar-refractivity contribution in [1.82, 2.24) is 9.88 Å². The van der Waals surface area contributed by atoms with Crippen LogP contribution in [0.3, 0.4) is 0 Å². The van der Waals surface area contributed by atoms with Crippen LogP contribution >= 0.6 is 0 Å². The van der Waals surface area contributed by atoms with Gasteiger partial charge in [0.05, 0.1) is 36.9 Å². The fourth-order valence-corrected chi connectivity index (χ4v) is 4.33. The highest BCUT2D eigenvalue weighted by Crippen LogP contribution is 2.28. The summed E-state index contributed by atoms with van der Waals surface area (Å²) in [4.78, 5) is 30.0. The minimum atomic E-state index is -3.89. The van der Waals surface area contributed by atoms with Gasteiger partial charge in [0.2, 0.25) is 0 Å². The molecule has 0 radical (unpaired) electrons. The summed E-state index contributed by atoms with van der Waals surface area (Å²) in [5, 5.41) is 0. The van der Waals surface area contributed by atoms with E-state index < -0.39 is 21.8 Å². The normalized spacial score (nSPS) is 13.1. The van der Waals surface area contributed by atoms with Crippen LogP contribution in [0.25, 0.3) is 0 Å². The van der Waals surface area contributed by atoms with Crippen molar-refractivity contribution >= 4 is 27.5 Å². The molecule has 0 atom stereocenters. The molecule has 0 saturated carbocycles. The summed E-state index contributed by atoms with van der Waals surface area (Å²) in [5.41, 5.74) is 1.26. The SMILES string of the molecule is COc1cc(NS(=O)(=O)c2ccc(CN3C(=O)c4cccnc4C3=O)cc2)cc(OC)c1. The van der Waals surface area contributed by atoms with Crippen LogP contribution in [0.2, 0.25) is 0 Å². The van der Waals surface area contributed by atoms with Gasteiger partial charge in [-0.05, 0) is 29.8 Å².